The van der Waals surface area contributed by atoms with Gasteiger partial charge in [0.05, 0.1) is 13.0 Å². The first-order valence-corrected chi connectivity index (χ1v) is 6.22. The van der Waals surface area contributed by atoms with Crippen molar-refractivity contribution in [3.05, 3.63) is 12.7 Å². The van der Waals surface area contributed by atoms with Gasteiger partial charge < -0.3 is 14.9 Å². The van der Waals surface area contributed by atoms with Crippen LogP contribution in [0.3, 0.4) is 0 Å². The van der Waals surface area contributed by atoms with Crippen molar-refractivity contribution in [1.29, 1.82) is 0 Å². The maximum atomic E-state index is 10.7. The second kappa shape index (κ2) is 14.2. The normalized spacial score (nSPS) is 10.9. The van der Waals surface area contributed by atoms with Crippen LogP contribution in [0.5, 0.6) is 0 Å². The summed E-state index contributed by atoms with van der Waals surface area (Å²) in [6.45, 7) is 5.29. The minimum absolute atomic E-state index is 0.184. The first-order valence-electron chi connectivity index (χ1n) is 5.77. The molecule has 0 aromatic rings. The molecule has 0 aliphatic rings. The Hall–Kier alpha value is -0.850. The van der Waals surface area contributed by atoms with Gasteiger partial charge in [0, 0.05) is 0 Å². The van der Waals surface area contributed by atoms with Crippen LogP contribution in [0.2, 0.25) is 0 Å². The minimum atomic E-state index is -1.48. The topological polar surface area (TPSA) is 83.8 Å². The maximum absolute atomic E-state index is 10.7. The standard InChI is InChI=1S/C6H10O5S.C6H12/c7-1-2-11-6(10)4(8)3-5(9)12;1-3-5-6-4-2/h4,7-8H,1-3H2,(H,9,12);3H,1,4-6H2,2H3. The van der Waals surface area contributed by atoms with Crippen LogP contribution in [0.15, 0.2) is 12.7 Å². The van der Waals surface area contributed by atoms with E-state index in [1.807, 2.05) is 6.08 Å². The zero-order valence-corrected chi connectivity index (χ0v) is 11.6. The van der Waals surface area contributed by atoms with Crippen LogP contribution in [-0.4, -0.2) is 40.6 Å². The Morgan fingerprint density at radius 2 is 2.11 bits per heavy atom. The van der Waals surface area contributed by atoms with Crippen LogP contribution in [0.25, 0.3) is 0 Å². The third-order valence-corrected chi connectivity index (χ3v) is 1.92. The number of hydrogen-bond donors (Lipinski definition) is 3. The summed E-state index contributed by atoms with van der Waals surface area (Å²) in [4.78, 5) is 20.9. The predicted octanol–water partition coefficient (Wildman–Crippen LogP) is 1.09. The number of hydrogen-bond acceptors (Lipinski definition) is 5. The number of thiol groups is 1. The second-order valence-corrected chi connectivity index (χ2v) is 3.93. The lowest BCUT2D eigenvalue weighted by Gasteiger charge is -2.06. The van der Waals surface area contributed by atoms with E-state index in [0.717, 1.165) is 0 Å². The highest BCUT2D eigenvalue weighted by Crippen LogP contribution is 1.98. The molecule has 0 fully saturated rings. The van der Waals surface area contributed by atoms with Gasteiger partial charge in [0.1, 0.15) is 6.61 Å². The number of carbonyl (C=O) groups is 2. The van der Waals surface area contributed by atoms with Crippen molar-refractivity contribution in [2.24, 2.45) is 0 Å². The molecule has 0 rings (SSSR count). The average Bonchev–Trinajstić information content (AvgIpc) is 2.33. The molecule has 1 atom stereocenters. The van der Waals surface area contributed by atoms with Crippen LogP contribution < -0.4 is 0 Å². The molecule has 0 saturated carbocycles. The van der Waals surface area contributed by atoms with Crippen molar-refractivity contribution in [1.82, 2.24) is 0 Å². The molecule has 0 aromatic carbocycles. The molecule has 0 amide bonds. The molecule has 2 N–H and O–H groups in total. The van der Waals surface area contributed by atoms with E-state index in [4.69, 9.17) is 10.2 Å². The largest absolute Gasteiger partial charge is 0.461 e. The molecule has 1 unspecified atom stereocenters. The van der Waals surface area contributed by atoms with Crippen LogP contribution in [0.4, 0.5) is 0 Å². The highest BCUT2D eigenvalue weighted by Gasteiger charge is 2.18. The smallest absolute Gasteiger partial charge is 0.335 e. The quantitative estimate of drug-likeness (QED) is 0.268. The molecule has 0 bridgehead atoms. The van der Waals surface area contributed by atoms with E-state index in [2.05, 4.69) is 30.9 Å². The Morgan fingerprint density at radius 1 is 1.50 bits per heavy atom. The molecule has 106 valence electrons. The molecule has 0 aliphatic carbocycles. The number of carbonyl (C=O) groups excluding carboxylic acids is 2. The molecule has 5 nitrogen and oxygen atoms in total. The van der Waals surface area contributed by atoms with Crippen molar-refractivity contribution in [3.63, 3.8) is 0 Å². The summed E-state index contributed by atoms with van der Waals surface area (Å²) in [5.41, 5.74) is 0. The molecular weight excluding hydrogens is 256 g/mol. The van der Waals surface area contributed by atoms with E-state index in [1.165, 1.54) is 19.3 Å². The molecule has 0 spiro atoms. The molecular formula is C12H22O5S. The third-order valence-electron chi connectivity index (χ3n) is 1.74. The summed E-state index contributed by atoms with van der Waals surface area (Å²) in [6, 6.07) is 0. The molecule has 0 saturated heterocycles. The summed E-state index contributed by atoms with van der Waals surface area (Å²) in [7, 11) is 0. The lowest BCUT2D eigenvalue weighted by Crippen LogP contribution is -2.25. The molecule has 18 heavy (non-hydrogen) atoms. The number of aliphatic hydroxyl groups excluding tert-OH is 2. The lowest BCUT2D eigenvalue weighted by atomic mass is 10.3. The van der Waals surface area contributed by atoms with E-state index in [0.29, 0.717) is 0 Å². The van der Waals surface area contributed by atoms with Gasteiger partial charge in [-0.3, -0.25) is 4.79 Å². The van der Waals surface area contributed by atoms with Gasteiger partial charge in [0.25, 0.3) is 0 Å². The van der Waals surface area contributed by atoms with E-state index >= 15 is 0 Å². The van der Waals surface area contributed by atoms with E-state index in [1.54, 1.807) is 0 Å². The molecule has 0 aliphatic heterocycles. The fraction of sp³-hybridized carbons (Fsp3) is 0.667. The van der Waals surface area contributed by atoms with Crippen LogP contribution in [0, 0.1) is 0 Å². The summed E-state index contributed by atoms with van der Waals surface area (Å²) in [5.74, 6) is -0.925. The van der Waals surface area contributed by atoms with Crippen molar-refractivity contribution in [2.45, 2.75) is 38.7 Å². The summed E-state index contributed by atoms with van der Waals surface area (Å²) >= 11 is 3.37. The number of rotatable bonds is 8. The number of ether oxygens (including phenoxy) is 1. The van der Waals surface area contributed by atoms with E-state index in [9.17, 15) is 9.59 Å². The molecule has 0 heterocycles. The first kappa shape index (κ1) is 19.5. The zero-order chi connectivity index (χ0) is 14.4. The lowest BCUT2D eigenvalue weighted by molar-refractivity contribution is -0.155. The minimum Gasteiger partial charge on any atom is -0.461 e. The molecule has 0 aromatic heterocycles. The highest BCUT2D eigenvalue weighted by atomic mass is 32.1. The fourth-order valence-electron chi connectivity index (χ4n) is 0.840. The van der Waals surface area contributed by atoms with Crippen molar-refractivity contribution >= 4 is 23.7 Å². The number of esters is 1. The number of allylic oxidation sites excluding steroid dienone is 1. The van der Waals surface area contributed by atoms with Crippen molar-refractivity contribution in [3.8, 4) is 0 Å². The van der Waals surface area contributed by atoms with E-state index < -0.39 is 17.2 Å². The van der Waals surface area contributed by atoms with Gasteiger partial charge >= 0.3 is 5.97 Å². The fourth-order valence-corrected chi connectivity index (χ4v) is 1.01. The number of aliphatic hydroxyl groups is 2. The maximum Gasteiger partial charge on any atom is 0.335 e. The van der Waals surface area contributed by atoms with Crippen LogP contribution >= 0.6 is 12.6 Å². The predicted molar refractivity (Wildman–Crippen MR) is 72.4 cm³/mol. The van der Waals surface area contributed by atoms with Gasteiger partial charge in [0.2, 0.25) is 0 Å². The van der Waals surface area contributed by atoms with Gasteiger partial charge in [-0.05, 0) is 6.42 Å². The first-order chi connectivity index (χ1) is 8.49. The van der Waals surface area contributed by atoms with Gasteiger partial charge in [-0.2, -0.15) is 0 Å². The number of unbranched alkanes of at least 4 members (excludes halogenated alkanes) is 2. The van der Waals surface area contributed by atoms with Crippen LogP contribution in [-0.2, 0) is 14.3 Å². The Labute approximate surface area is 113 Å². The van der Waals surface area contributed by atoms with Gasteiger partial charge in [-0.1, -0.05) is 25.8 Å². The van der Waals surface area contributed by atoms with Crippen LogP contribution in [0.1, 0.15) is 32.6 Å². The zero-order valence-electron chi connectivity index (χ0n) is 10.7. The SMILES string of the molecule is C=CCCCC.O=C(S)CC(O)C(=O)OCCO. The Morgan fingerprint density at radius 3 is 2.44 bits per heavy atom. The molecule has 6 heteroatoms. The van der Waals surface area contributed by atoms with Crippen molar-refractivity contribution in [2.75, 3.05) is 13.2 Å². The highest BCUT2D eigenvalue weighted by molar-refractivity contribution is 7.96. The second-order valence-electron chi connectivity index (χ2n) is 3.44. The Balaban J connectivity index is 0. The summed E-state index contributed by atoms with van der Waals surface area (Å²) in [5, 5.41) is 16.5. The molecule has 0 radical (unpaired) electrons. The van der Waals surface area contributed by atoms with Crippen molar-refractivity contribution < 1.29 is 24.5 Å². The van der Waals surface area contributed by atoms with E-state index in [-0.39, 0.29) is 19.6 Å². The third kappa shape index (κ3) is 15.1. The summed E-state index contributed by atoms with van der Waals surface area (Å²) < 4.78 is 4.33. The monoisotopic (exact) mass is 278 g/mol. The average molecular weight is 278 g/mol. The van der Waals surface area contributed by atoms with Gasteiger partial charge in [-0.25, -0.2) is 4.79 Å². The Bertz CT molecular complexity index is 243. The Kier molecular flexibility index (Phi) is 15.4. The van der Waals surface area contributed by atoms with Gasteiger partial charge in [0.15, 0.2) is 11.2 Å². The van der Waals surface area contributed by atoms with Gasteiger partial charge in [-0.15, -0.1) is 19.2 Å². The summed E-state index contributed by atoms with van der Waals surface area (Å²) in [6.07, 6.45) is 3.85.